The van der Waals surface area contributed by atoms with Crippen molar-refractivity contribution in [2.24, 2.45) is 10.8 Å². The number of fused-ring (bicyclic) bond motifs is 1. The number of alkyl halides is 3. The van der Waals surface area contributed by atoms with Crippen LogP contribution in [0.5, 0.6) is 11.5 Å². The molecule has 9 heteroatoms. The first-order valence-corrected chi connectivity index (χ1v) is 14.5. The minimum atomic E-state index is -4.82. The Labute approximate surface area is 246 Å². The molecule has 0 aliphatic heterocycles. The average molecular weight is 595 g/mol. The van der Waals surface area contributed by atoms with Crippen LogP contribution >= 0.6 is 0 Å². The van der Waals surface area contributed by atoms with Gasteiger partial charge in [-0.25, -0.2) is 0 Å². The number of aliphatic hydroxyl groups excluding tert-OH is 2. The third-order valence-corrected chi connectivity index (χ3v) is 6.95. The van der Waals surface area contributed by atoms with E-state index in [4.69, 9.17) is 13.9 Å². The molecule has 0 saturated heterocycles. The monoisotopic (exact) mass is 594 g/mol. The summed E-state index contributed by atoms with van der Waals surface area (Å²) in [6.07, 6.45) is -3.46. The van der Waals surface area contributed by atoms with Crippen LogP contribution < -0.4 is 9.47 Å². The van der Waals surface area contributed by atoms with Gasteiger partial charge in [0.2, 0.25) is 0 Å². The largest absolute Gasteiger partial charge is 0.573 e. The minimum Gasteiger partial charge on any atom is -0.493 e. The Hall–Kier alpha value is -2.75. The lowest BCUT2D eigenvalue weighted by atomic mass is 9.78. The van der Waals surface area contributed by atoms with E-state index >= 15 is 0 Å². The van der Waals surface area contributed by atoms with Crippen LogP contribution in [0.25, 0.3) is 22.3 Å². The number of para-hydroxylation sites is 1. The van der Waals surface area contributed by atoms with Gasteiger partial charge in [0.1, 0.15) is 22.8 Å². The lowest BCUT2D eigenvalue weighted by Gasteiger charge is -2.35. The fourth-order valence-electron chi connectivity index (χ4n) is 4.67. The van der Waals surface area contributed by atoms with E-state index in [0.717, 1.165) is 6.42 Å². The van der Waals surface area contributed by atoms with E-state index in [9.17, 15) is 23.4 Å². The van der Waals surface area contributed by atoms with Crippen LogP contribution in [-0.4, -0.2) is 48.1 Å². The van der Waals surface area contributed by atoms with Gasteiger partial charge in [-0.1, -0.05) is 53.7 Å². The molecule has 2 aromatic carbocycles. The zero-order valence-corrected chi connectivity index (χ0v) is 25.5. The molecule has 1 aromatic heterocycles. The van der Waals surface area contributed by atoms with E-state index in [2.05, 4.69) is 46.3 Å². The van der Waals surface area contributed by atoms with Crippen LogP contribution in [0.4, 0.5) is 13.2 Å². The molecule has 3 unspecified atom stereocenters. The molecule has 2 N–H and O–H groups in total. The third-order valence-electron chi connectivity index (χ3n) is 6.95. The Morgan fingerprint density at radius 2 is 1.48 bits per heavy atom. The number of furan rings is 1. The number of rotatable bonds is 14. The molecule has 0 aliphatic rings. The fraction of sp³-hybridized carbons (Fsp3) is 0.576. The second-order valence-corrected chi connectivity index (χ2v) is 13.1. The zero-order chi connectivity index (χ0) is 31.1. The lowest BCUT2D eigenvalue weighted by Crippen LogP contribution is -2.34. The molecule has 0 bridgehead atoms. The fourth-order valence-corrected chi connectivity index (χ4v) is 4.67. The first-order valence-electron chi connectivity index (χ1n) is 14.5. The molecule has 1 heterocycles. The highest BCUT2D eigenvalue weighted by Gasteiger charge is 2.33. The molecule has 0 amide bonds. The van der Waals surface area contributed by atoms with Crippen molar-refractivity contribution in [2.45, 2.75) is 98.3 Å². The molecule has 0 spiro atoms. The summed E-state index contributed by atoms with van der Waals surface area (Å²) in [6, 6.07) is 12.6. The summed E-state index contributed by atoms with van der Waals surface area (Å²) in [5.74, 6) is 0.426. The maximum atomic E-state index is 12.8. The maximum Gasteiger partial charge on any atom is 0.573 e. The highest BCUT2D eigenvalue weighted by Crippen LogP contribution is 2.37. The van der Waals surface area contributed by atoms with Gasteiger partial charge in [0.25, 0.3) is 0 Å². The second-order valence-electron chi connectivity index (χ2n) is 13.1. The van der Waals surface area contributed by atoms with Crippen LogP contribution in [0.3, 0.4) is 0 Å². The maximum absolute atomic E-state index is 12.8. The average Bonchev–Trinajstić information content (AvgIpc) is 3.29. The second kappa shape index (κ2) is 14.1. The predicted molar refractivity (Wildman–Crippen MR) is 158 cm³/mol. The summed E-state index contributed by atoms with van der Waals surface area (Å²) in [6.45, 7) is 14.0. The van der Waals surface area contributed by atoms with Crippen LogP contribution in [0.1, 0.15) is 73.6 Å². The van der Waals surface area contributed by atoms with Gasteiger partial charge in [-0.2, -0.15) is 0 Å². The highest BCUT2D eigenvalue weighted by molar-refractivity contribution is 5.85. The number of benzene rings is 2. The topological polar surface area (TPSA) is 81.3 Å². The summed E-state index contributed by atoms with van der Waals surface area (Å²) in [5, 5.41) is 21.5. The smallest absolute Gasteiger partial charge is 0.493 e. The van der Waals surface area contributed by atoms with E-state index in [1.165, 1.54) is 18.2 Å². The molecular weight excluding hydrogens is 549 g/mol. The van der Waals surface area contributed by atoms with Crippen molar-refractivity contribution in [1.29, 1.82) is 0 Å². The van der Waals surface area contributed by atoms with Gasteiger partial charge < -0.3 is 28.8 Å². The molecule has 0 aliphatic carbocycles. The molecule has 42 heavy (non-hydrogen) atoms. The van der Waals surface area contributed by atoms with Crippen LogP contribution in [0, 0.1) is 10.8 Å². The number of aliphatic hydroxyl groups is 2. The normalized spacial score (nSPS) is 15.0. The molecule has 234 valence electrons. The Balaban J connectivity index is 1.44. The van der Waals surface area contributed by atoms with Crippen LogP contribution in [-0.2, 0) is 4.74 Å². The third kappa shape index (κ3) is 10.8. The zero-order valence-electron chi connectivity index (χ0n) is 25.5. The number of hydrogen-bond donors (Lipinski definition) is 2. The van der Waals surface area contributed by atoms with Crippen molar-refractivity contribution in [3.05, 3.63) is 48.5 Å². The van der Waals surface area contributed by atoms with Gasteiger partial charge in [-0.3, -0.25) is 0 Å². The van der Waals surface area contributed by atoms with Gasteiger partial charge in [0, 0.05) is 18.1 Å². The molecule has 3 rings (SSSR count). The van der Waals surface area contributed by atoms with Crippen molar-refractivity contribution in [3.8, 4) is 22.8 Å². The molecular formula is C33H45F3O6. The van der Waals surface area contributed by atoms with E-state index in [0.29, 0.717) is 55.6 Å². The van der Waals surface area contributed by atoms with Crippen molar-refractivity contribution in [1.82, 2.24) is 0 Å². The van der Waals surface area contributed by atoms with Gasteiger partial charge in [0.15, 0.2) is 0 Å². The van der Waals surface area contributed by atoms with Crippen LogP contribution in [0.15, 0.2) is 52.9 Å². The standard InChI is InChI=1S/C33H45F3O6/c1-31(2,3)21-30(32(4,5)6)40-18-10-13-26(38)25(37)12-9-17-39-23-16-15-22-19-29(41-28(22)20-23)24-11-7-8-14-27(24)42-33(34,35)36/h7-8,11,14-16,19-20,25-26,30,37-38H,9-10,12-13,17-18,21H2,1-6H3. The van der Waals surface area contributed by atoms with Crippen molar-refractivity contribution in [3.63, 3.8) is 0 Å². The Kier molecular flexibility index (Phi) is 11.4. The summed E-state index contributed by atoms with van der Waals surface area (Å²) >= 11 is 0. The Bertz CT molecular complexity index is 1260. The highest BCUT2D eigenvalue weighted by atomic mass is 19.4. The van der Waals surface area contributed by atoms with E-state index in [1.807, 2.05) is 0 Å². The SMILES string of the molecule is CC(C)(C)CC(OCCCC(O)C(O)CCCOc1ccc2cc(-c3ccccc3OC(F)(F)F)oc2c1)C(C)(C)C. The molecule has 3 aromatic rings. The van der Waals surface area contributed by atoms with Crippen molar-refractivity contribution >= 4 is 11.0 Å². The van der Waals surface area contributed by atoms with Gasteiger partial charge in [0.05, 0.1) is 30.5 Å². The number of ether oxygens (including phenoxy) is 3. The number of hydrogen-bond acceptors (Lipinski definition) is 6. The summed E-state index contributed by atoms with van der Waals surface area (Å²) < 4.78 is 60.4. The molecule has 0 radical (unpaired) electrons. The first-order chi connectivity index (χ1) is 19.5. The quantitative estimate of drug-likeness (QED) is 0.182. The Morgan fingerprint density at radius 3 is 2.10 bits per heavy atom. The lowest BCUT2D eigenvalue weighted by molar-refractivity contribution is -0.274. The van der Waals surface area contributed by atoms with Crippen molar-refractivity contribution < 1.29 is 42.0 Å². The van der Waals surface area contributed by atoms with E-state index < -0.39 is 18.6 Å². The van der Waals surface area contributed by atoms with E-state index in [-0.39, 0.29) is 34.0 Å². The summed E-state index contributed by atoms with van der Waals surface area (Å²) in [5.41, 5.74) is 0.820. The van der Waals surface area contributed by atoms with Crippen molar-refractivity contribution in [2.75, 3.05) is 13.2 Å². The van der Waals surface area contributed by atoms with Crippen LogP contribution in [0.2, 0.25) is 0 Å². The summed E-state index contributed by atoms with van der Waals surface area (Å²) in [4.78, 5) is 0. The minimum absolute atomic E-state index is 0.0200. The predicted octanol–water partition coefficient (Wildman–Crippen LogP) is 8.53. The van der Waals surface area contributed by atoms with Gasteiger partial charge >= 0.3 is 6.36 Å². The van der Waals surface area contributed by atoms with Gasteiger partial charge in [-0.05, 0) is 73.3 Å². The summed E-state index contributed by atoms with van der Waals surface area (Å²) in [7, 11) is 0. The van der Waals surface area contributed by atoms with Gasteiger partial charge in [-0.15, -0.1) is 13.2 Å². The van der Waals surface area contributed by atoms with E-state index in [1.54, 1.807) is 30.3 Å². The number of halogens is 3. The molecule has 0 saturated carbocycles. The first kappa shape index (κ1) is 33.7. The molecule has 6 nitrogen and oxygen atoms in total. The Morgan fingerprint density at radius 1 is 0.833 bits per heavy atom. The molecule has 0 fully saturated rings. The molecule has 3 atom stereocenters.